The fourth-order valence-corrected chi connectivity index (χ4v) is 3.42. The Balaban J connectivity index is 1.55. The highest BCUT2D eigenvalue weighted by Crippen LogP contribution is 2.23. The van der Waals surface area contributed by atoms with Crippen molar-refractivity contribution in [2.45, 2.75) is 6.54 Å². The Morgan fingerprint density at radius 2 is 1.79 bits per heavy atom. The molecule has 0 spiro atoms. The third-order valence-electron chi connectivity index (χ3n) is 4.92. The van der Waals surface area contributed by atoms with E-state index in [-0.39, 0.29) is 5.43 Å². The molecule has 0 aliphatic rings. The summed E-state index contributed by atoms with van der Waals surface area (Å²) in [7, 11) is 3.66. The van der Waals surface area contributed by atoms with Crippen LogP contribution in [0.1, 0.15) is 11.1 Å². The van der Waals surface area contributed by atoms with Crippen LogP contribution in [0.25, 0.3) is 28.0 Å². The fraction of sp³-hybridized carbons (Fsp3) is 0.160. The third-order valence-corrected chi connectivity index (χ3v) is 4.92. The van der Waals surface area contributed by atoms with Gasteiger partial charge in [0.15, 0.2) is 0 Å². The zero-order valence-electron chi connectivity index (χ0n) is 16.6. The molecule has 0 atom stereocenters. The maximum atomic E-state index is 12.9. The second-order valence-electron chi connectivity index (χ2n) is 7.13. The minimum atomic E-state index is -0.0163. The van der Waals surface area contributed by atoms with Gasteiger partial charge in [-0.05, 0) is 42.4 Å². The van der Waals surface area contributed by atoms with Crippen LogP contribution in [0.4, 0.5) is 0 Å². The summed E-state index contributed by atoms with van der Waals surface area (Å²) in [5, 5.41) is 1.17. The maximum absolute atomic E-state index is 12.9. The number of hydrogen-bond donors (Lipinski definition) is 0. The largest absolute Gasteiger partial charge is 0.497 e. The van der Waals surface area contributed by atoms with E-state index in [1.54, 1.807) is 25.3 Å². The molecule has 0 N–H and O–H groups in total. The molecule has 3 aromatic carbocycles. The van der Waals surface area contributed by atoms with E-state index in [4.69, 9.17) is 9.15 Å². The van der Waals surface area contributed by atoms with Gasteiger partial charge >= 0.3 is 0 Å². The van der Waals surface area contributed by atoms with Crippen molar-refractivity contribution >= 4 is 28.0 Å². The normalized spacial score (nSPS) is 11.7. The van der Waals surface area contributed by atoms with Gasteiger partial charge in [-0.3, -0.25) is 9.69 Å². The molecule has 1 aromatic heterocycles. The molecule has 1 heterocycles. The smallest absolute Gasteiger partial charge is 0.200 e. The summed E-state index contributed by atoms with van der Waals surface area (Å²) in [5.74, 6) is 0.668. The van der Waals surface area contributed by atoms with Crippen LogP contribution in [-0.2, 0) is 6.54 Å². The van der Waals surface area contributed by atoms with Crippen molar-refractivity contribution in [1.82, 2.24) is 4.90 Å². The summed E-state index contributed by atoms with van der Waals surface area (Å²) in [6, 6.07) is 21.3. The van der Waals surface area contributed by atoms with Crippen molar-refractivity contribution in [2.75, 3.05) is 20.7 Å². The van der Waals surface area contributed by atoms with E-state index in [2.05, 4.69) is 36.2 Å². The number of methoxy groups -OCH3 is 1. The number of nitrogens with zero attached hydrogens (tertiary/aromatic N) is 1. The maximum Gasteiger partial charge on any atom is 0.200 e. The van der Waals surface area contributed by atoms with Gasteiger partial charge in [-0.2, -0.15) is 0 Å². The van der Waals surface area contributed by atoms with Crippen molar-refractivity contribution in [3.05, 3.63) is 94.2 Å². The molecule has 0 aliphatic carbocycles. The summed E-state index contributed by atoms with van der Waals surface area (Å²) in [5.41, 5.74) is 3.38. The van der Waals surface area contributed by atoms with Crippen molar-refractivity contribution in [2.24, 2.45) is 0 Å². The number of likely N-dealkylation sites (N-methyl/N-ethyl adjacent to an activating group) is 1. The molecular formula is C25H23NO3. The Hall–Kier alpha value is -3.37. The first-order chi connectivity index (χ1) is 14.1. The number of rotatable bonds is 6. The molecule has 0 fully saturated rings. The van der Waals surface area contributed by atoms with E-state index in [0.29, 0.717) is 27.7 Å². The zero-order valence-corrected chi connectivity index (χ0v) is 16.6. The number of hydrogen-bond acceptors (Lipinski definition) is 4. The van der Waals surface area contributed by atoms with Crippen LogP contribution < -0.4 is 10.2 Å². The van der Waals surface area contributed by atoms with Gasteiger partial charge in [0.05, 0.1) is 17.9 Å². The molecule has 0 saturated carbocycles. The first kappa shape index (κ1) is 19.0. The van der Waals surface area contributed by atoms with Crippen LogP contribution in [-0.4, -0.2) is 25.6 Å². The lowest BCUT2D eigenvalue weighted by Gasteiger charge is -2.14. The lowest BCUT2D eigenvalue weighted by molar-refractivity contribution is 0.364. The van der Waals surface area contributed by atoms with Gasteiger partial charge in [-0.25, -0.2) is 0 Å². The molecule has 0 amide bonds. The number of fused-ring (bicyclic) bond motifs is 2. The first-order valence-corrected chi connectivity index (χ1v) is 9.57. The Labute approximate surface area is 169 Å². The molecule has 29 heavy (non-hydrogen) atoms. The number of benzene rings is 3. The first-order valence-electron chi connectivity index (χ1n) is 9.57. The van der Waals surface area contributed by atoms with Gasteiger partial charge in [0.25, 0.3) is 0 Å². The lowest BCUT2D eigenvalue weighted by atomic mass is 10.1. The molecule has 4 aromatic rings. The molecule has 146 valence electrons. The van der Waals surface area contributed by atoms with Gasteiger partial charge in [0, 0.05) is 19.2 Å². The van der Waals surface area contributed by atoms with Gasteiger partial charge in [-0.15, -0.1) is 0 Å². The van der Waals surface area contributed by atoms with Crippen molar-refractivity contribution in [1.29, 1.82) is 0 Å². The summed E-state index contributed by atoms with van der Waals surface area (Å²) in [6.45, 7) is 1.56. The van der Waals surface area contributed by atoms with Gasteiger partial charge in [-0.1, -0.05) is 48.6 Å². The highest BCUT2D eigenvalue weighted by molar-refractivity contribution is 5.90. The van der Waals surface area contributed by atoms with Crippen LogP contribution in [0.5, 0.6) is 5.75 Å². The highest BCUT2D eigenvalue weighted by Gasteiger charge is 2.10. The van der Waals surface area contributed by atoms with Crippen LogP contribution in [0.15, 0.2) is 82.0 Å². The van der Waals surface area contributed by atoms with E-state index in [1.165, 1.54) is 5.56 Å². The Morgan fingerprint density at radius 1 is 0.966 bits per heavy atom. The van der Waals surface area contributed by atoms with Gasteiger partial charge < -0.3 is 9.15 Å². The second kappa shape index (κ2) is 8.33. The van der Waals surface area contributed by atoms with Crippen molar-refractivity contribution in [3.8, 4) is 5.75 Å². The van der Waals surface area contributed by atoms with E-state index < -0.39 is 0 Å². The summed E-state index contributed by atoms with van der Waals surface area (Å²) >= 11 is 0. The quantitative estimate of drug-likeness (QED) is 0.433. The molecule has 0 unspecified atom stereocenters. The average molecular weight is 385 g/mol. The predicted octanol–water partition coefficient (Wildman–Crippen LogP) is 5.10. The molecular weight excluding hydrogens is 362 g/mol. The topological polar surface area (TPSA) is 42.7 Å². The standard InChI is InChI=1S/C25H23NO3/c1-26(14-6-9-18-7-4-3-5-8-18)17-19-10-13-23-22(15-19)25(27)21-12-11-20(28-2)16-24(21)29-23/h3-13,15-16H,14,17H2,1-2H3/b9-6+. The summed E-state index contributed by atoms with van der Waals surface area (Å²) in [6.07, 6.45) is 4.26. The molecule has 0 bridgehead atoms. The van der Waals surface area contributed by atoms with Crippen molar-refractivity contribution < 1.29 is 9.15 Å². The van der Waals surface area contributed by atoms with E-state index in [0.717, 1.165) is 18.7 Å². The summed E-state index contributed by atoms with van der Waals surface area (Å²) in [4.78, 5) is 15.1. The van der Waals surface area contributed by atoms with Crippen LogP contribution in [0, 0.1) is 0 Å². The average Bonchev–Trinajstić information content (AvgIpc) is 2.74. The zero-order chi connectivity index (χ0) is 20.2. The SMILES string of the molecule is COc1ccc2c(=O)c3cc(CN(C)C/C=C/c4ccccc4)ccc3oc2c1. The van der Waals surface area contributed by atoms with Crippen molar-refractivity contribution in [3.63, 3.8) is 0 Å². The Morgan fingerprint density at radius 3 is 2.59 bits per heavy atom. The molecule has 0 aliphatic heterocycles. The Bertz CT molecular complexity index is 1230. The van der Waals surface area contributed by atoms with E-state index in [9.17, 15) is 4.79 Å². The number of ether oxygens (including phenoxy) is 1. The monoisotopic (exact) mass is 385 g/mol. The second-order valence-corrected chi connectivity index (χ2v) is 7.13. The van der Waals surface area contributed by atoms with Crippen LogP contribution >= 0.6 is 0 Å². The summed E-state index contributed by atoms with van der Waals surface area (Å²) < 4.78 is 11.2. The molecule has 4 rings (SSSR count). The molecule has 0 radical (unpaired) electrons. The Kier molecular flexibility index (Phi) is 5.45. The van der Waals surface area contributed by atoms with E-state index in [1.807, 2.05) is 36.4 Å². The van der Waals surface area contributed by atoms with Gasteiger partial charge in [0.2, 0.25) is 5.43 Å². The van der Waals surface area contributed by atoms with Crippen LogP contribution in [0.2, 0.25) is 0 Å². The predicted molar refractivity (Wildman–Crippen MR) is 118 cm³/mol. The van der Waals surface area contributed by atoms with E-state index >= 15 is 0 Å². The molecule has 4 nitrogen and oxygen atoms in total. The fourth-order valence-electron chi connectivity index (χ4n) is 3.42. The third kappa shape index (κ3) is 4.23. The molecule has 0 saturated heterocycles. The highest BCUT2D eigenvalue weighted by atomic mass is 16.5. The van der Waals surface area contributed by atoms with Gasteiger partial charge in [0.1, 0.15) is 16.9 Å². The molecule has 4 heteroatoms. The minimum absolute atomic E-state index is 0.0163. The minimum Gasteiger partial charge on any atom is -0.497 e. The van der Waals surface area contributed by atoms with Crippen LogP contribution in [0.3, 0.4) is 0 Å². The lowest BCUT2D eigenvalue weighted by Crippen LogP contribution is -2.17.